The highest BCUT2D eigenvalue weighted by Gasteiger charge is 2.16. The molecule has 1 heterocycles. The highest BCUT2D eigenvalue weighted by atomic mass is 35.5. The molecule has 0 spiro atoms. The highest BCUT2D eigenvalue weighted by Crippen LogP contribution is 2.22. The Kier molecular flexibility index (Phi) is 3.22. The molecule has 2 rings (SSSR count). The summed E-state index contributed by atoms with van der Waals surface area (Å²) in [6.45, 7) is 6.38. The largest absolute Gasteiger partial charge is 0.393 e. The van der Waals surface area contributed by atoms with E-state index in [-0.39, 0.29) is 11.2 Å². The maximum absolute atomic E-state index is 12.2. The van der Waals surface area contributed by atoms with Crippen LogP contribution in [0.3, 0.4) is 0 Å². The minimum Gasteiger partial charge on any atom is -0.393 e. The molecule has 2 N–H and O–H groups in total. The summed E-state index contributed by atoms with van der Waals surface area (Å²) in [5.74, 6) is 0. The van der Waals surface area contributed by atoms with E-state index in [1.54, 1.807) is 10.7 Å². The Hall–Kier alpha value is -1.68. The van der Waals surface area contributed by atoms with Crippen LogP contribution in [0.5, 0.6) is 0 Å². The minimum atomic E-state index is -0.195. The van der Waals surface area contributed by atoms with Gasteiger partial charge in [-0.15, -0.1) is 0 Å². The average molecular weight is 266 g/mol. The lowest BCUT2D eigenvalue weighted by molar-refractivity contribution is 0.558. The van der Waals surface area contributed by atoms with Gasteiger partial charge in [-0.25, -0.2) is 4.68 Å². The predicted molar refractivity (Wildman–Crippen MR) is 74.6 cm³/mol. The van der Waals surface area contributed by atoms with Crippen molar-refractivity contribution in [2.75, 3.05) is 5.73 Å². The van der Waals surface area contributed by atoms with Crippen molar-refractivity contribution in [3.8, 4) is 5.69 Å². The molecule has 0 fully saturated rings. The maximum atomic E-state index is 12.2. The second-order valence-electron chi connectivity index (χ2n) is 4.22. The van der Waals surface area contributed by atoms with E-state index in [0.29, 0.717) is 11.6 Å². The molecule has 0 saturated heterocycles. The molecule has 1 aromatic heterocycles. The SMILES string of the molecule is CCn1c(C)c(N)c(=O)n1-c1cccc(Cl)c1C. The van der Waals surface area contributed by atoms with Gasteiger partial charge in [0.1, 0.15) is 5.69 Å². The highest BCUT2D eigenvalue weighted by molar-refractivity contribution is 6.31. The van der Waals surface area contributed by atoms with Gasteiger partial charge in [0.25, 0.3) is 5.56 Å². The summed E-state index contributed by atoms with van der Waals surface area (Å²) in [5, 5.41) is 0.638. The first kappa shape index (κ1) is 12.8. The van der Waals surface area contributed by atoms with Crippen LogP contribution in [0.4, 0.5) is 5.69 Å². The van der Waals surface area contributed by atoms with Gasteiger partial charge in [-0.1, -0.05) is 17.7 Å². The Morgan fingerprint density at radius 2 is 2.00 bits per heavy atom. The monoisotopic (exact) mass is 265 g/mol. The molecule has 0 amide bonds. The number of nitrogens with two attached hydrogens (primary N) is 1. The number of halogens is 1. The summed E-state index contributed by atoms with van der Waals surface area (Å²) in [6, 6.07) is 5.50. The zero-order valence-electron chi connectivity index (χ0n) is 10.7. The molecular formula is C13H16ClN3O. The maximum Gasteiger partial charge on any atom is 0.294 e. The third-order valence-electron chi connectivity index (χ3n) is 3.21. The average Bonchev–Trinajstić information content (AvgIpc) is 2.57. The van der Waals surface area contributed by atoms with E-state index >= 15 is 0 Å². The Morgan fingerprint density at radius 1 is 1.33 bits per heavy atom. The Labute approximate surface area is 111 Å². The molecule has 96 valence electrons. The zero-order valence-corrected chi connectivity index (χ0v) is 11.5. The van der Waals surface area contributed by atoms with Gasteiger partial charge >= 0.3 is 0 Å². The smallest absolute Gasteiger partial charge is 0.294 e. The molecule has 0 bridgehead atoms. The minimum absolute atomic E-state index is 0.195. The van der Waals surface area contributed by atoms with Crippen LogP contribution in [0.1, 0.15) is 18.2 Å². The summed E-state index contributed by atoms with van der Waals surface area (Å²) >= 11 is 6.10. The number of nitrogen functional groups attached to an aromatic ring is 1. The second-order valence-corrected chi connectivity index (χ2v) is 4.62. The van der Waals surface area contributed by atoms with Crippen LogP contribution in [0.25, 0.3) is 5.69 Å². The molecule has 0 atom stereocenters. The second kappa shape index (κ2) is 4.53. The summed E-state index contributed by atoms with van der Waals surface area (Å²) in [4.78, 5) is 12.2. The molecule has 1 aromatic carbocycles. The van der Waals surface area contributed by atoms with E-state index in [1.165, 1.54) is 0 Å². The summed E-state index contributed by atoms with van der Waals surface area (Å²) in [7, 11) is 0. The molecule has 0 radical (unpaired) electrons. The molecule has 18 heavy (non-hydrogen) atoms. The van der Waals surface area contributed by atoms with Gasteiger partial charge < -0.3 is 5.73 Å². The fraction of sp³-hybridized carbons (Fsp3) is 0.308. The van der Waals surface area contributed by atoms with Gasteiger partial charge in [0, 0.05) is 11.6 Å². The fourth-order valence-corrected chi connectivity index (χ4v) is 2.28. The van der Waals surface area contributed by atoms with Crippen LogP contribution in [0.15, 0.2) is 23.0 Å². The molecular weight excluding hydrogens is 250 g/mol. The normalized spacial score (nSPS) is 10.9. The molecule has 4 nitrogen and oxygen atoms in total. The number of aromatic nitrogens is 2. The Balaban J connectivity index is 2.83. The Morgan fingerprint density at radius 3 is 2.61 bits per heavy atom. The van der Waals surface area contributed by atoms with Crippen LogP contribution < -0.4 is 11.3 Å². The van der Waals surface area contributed by atoms with Crippen molar-refractivity contribution in [1.82, 2.24) is 9.36 Å². The van der Waals surface area contributed by atoms with Gasteiger partial charge in [0.05, 0.1) is 11.4 Å². The van der Waals surface area contributed by atoms with Crippen molar-refractivity contribution in [1.29, 1.82) is 0 Å². The molecule has 0 saturated carbocycles. The number of hydrogen-bond acceptors (Lipinski definition) is 2. The van der Waals surface area contributed by atoms with Crippen LogP contribution in [-0.2, 0) is 6.54 Å². The van der Waals surface area contributed by atoms with Crippen molar-refractivity contribution >= 4 is 17.3 Å². The molecule has 2 aromatic rings. The van der Waals surface area contributed by atoms with E-state index in [2.05, 4.69) is 0 Å². The number of rotatable bonds is 2. The van der Waals surface area contributed by atoms with Crippen molar-refractivity contribution in [2.24, 2.45) is 0 Å². The van der Waals surface area contributed by atoms with Crippen LogP contribution in [-0.4, -0.2) is 9.36 Å². The van der Waals surface area contributed by atoms with Crippen LogP contribution in [0.2, 0.25) is 5.02 Å². The molecule has 0 aliphatic heterocycles. The van der Waals surface area contributed by atoms with Gasteiger partial charge in [-0.2, -0.15) is 0 Å². The van der Waals surface area contributed by atoms with Gasteiger partial charge in [0.15, 0.2) is 0 Å². The van der Waals surface area contributed by atoms with Crippen molar-refractivity contribution in [3.63, 3.8) is 0 Å². The quantitative estimate of drug-likeness (QED) is 0.907. The van der Waals surface area contributed by atoms with E-state index < -0.39 is 0 Å². The topological polar surface area (TPSA) is 52.9 Å². The fourth-order valence-electron chi connectivity index (χ4n) is 2.11. The summed E-state index contributed by atoms with van der Waals surface area (Å²) in [6.07, 6.45) is 0. The van der Waals surface area contributed by atoms with Gasteiger partial charge in [-0.05, 0) is 38.5 Å². The van der Waals surface area contributed by atoms with E-state index in [9.17, 15) is 4.79 Å². The molecule has 0 aliphatic carbocycles. The molecule has 0 aliphatic rings. The first-order valence-corrected chi connectivity index (χ1v) is 6.20. The van der Waals surface area contributed by atoms with Crippen LogP contribution in [0, 0.1) is 13.8 Å². The molecule has 5 heteroatoms. The first-order chi connectivity index (χ1) is 8.49. The number of anilines is 1. The predicted octanol–water partition coefficient (Wildman–Crippen LogP) is 2.51. The van der Waals surface area contributed by atoms with Gasteiger partial charge in [-0.3, -0.25) is 9.48 Å². The third-order valence-corrected chi connectivity index (χ3v) is 3.62. The first-order valence-electron chi connectivity index (χ1n) is 5.82. The lowest BCUT2D eigenvalue weighted by Crippen LogP contribution is -2.22. The van der Waals surface area contributed by atoms with Crippen molar-refractivity contribution in [2.45, 2.75) is 27.3 Å². The Bertz CT molecular complexity index is 655. The summed E-state index contributed by atoms with van der Waals surface area (Å²) < 4.78 is 3.45. The standard InChI is InChI=1S/C13H16ClN3O/c1-4-16-9(3)12(15)13(18)17(16)11-7-5-6-10(14)8(11)2/h5-7H,4,15H2,1-3H3. The van der Waals surface area contributed by atoms with Crippen molar-refractivity contribution < 1.29 is 0 Å². The van der Waals surface area contributed by atoms with Gasteiger partial charge in [0.2, 0.25) is 0 Å². The van der Waals surface area contributed by atoms with E-state index in [0.717, 1.165) is 16.9 Å². The molecule has 0 unspecified atom stereocenters. The van der Waals surface area contributed by atoms with Crippen molar-refractivity contribution in [3.05, 3.63) is 44.8 Å². The number of nitrogens with zero attached hydrogens (tertiary/aromatic N) is 2. The lowest BCUT2D eigenvalue weighted by Gasteiger charge is -2.14. The lowest BCUT2D eigenvalue weighted by atomic mass is 10.2. The number of hydrogen-bond donors (Lipinski definition) is 1. The number of benzene rings is 1. The van der Waals surface area contributed by atoms with Crippen LogP contribution >= 0.6 is 11.6 Å². The third kappa shape index (κ3) is 1.73. The van der Waals surface area contributed by atoms with E-state index in [4.69, 9.17) is 17.3 Å². The van der Waals surface area contributed by atoms with E-state index in [1.807, 2.05) is 37.6 Å². The zero-order chi connectivity index (χ0) is 13.4. The summed E-state index contributed by atoms with van der Waals surface area (Å²) in [5.41, 5.74) is 8.33.